The van der Waals surface area contributed by atoms with Gasteiger partial charge in [0.15, 0.2) is 11.5 Å². The molecule has 1 N–H and O–H groups in total. The summed E-state index contributed by atoms with van der Waals surface area (Å²) in [6.07, 6.45) is 4.05. The molecule has 0 spiro atoms. The first-order valence-electron chi connectivity index (χ1n) is 9.39. The van der Waals surface area contributed by atoms with Gasteiger partial charge in [0.05, 0.1) is 27.9 Å². The van der Waals surface area contributed by atoms with Gasteiger partial charge in [-0.2, -0.15) is 0 Å². The zero-order valence-electron chi connectivity index (χ0n) is 17.5. The van der Waals surface area contributed by atoms with Crippen LogP contribution in [-0.4, -0.2) is 43.2 Å². The number of methoxy groups -OCH3 is 3. The molecule has 0 saturated carbocycles. The van der Waals surface area contributed by atoms with Crippen molar-refractivity contribution in [1.29, 1.82) is 0 Å². The minimum absolute atomic E-state index is 0.100. The maximum Gasteiger partial charge on any atom is 0.276 e. The van der Waals surface area contributed by atoms with Gasteiger partial charge in [-0.25, -0.2) is 0 Å². The summed E-state index contributed by atoms with van der Waals surface area (Å²) in [5, 5.41) is 11.1. The molecule has 0 saturated heterocycles. The summed E-state index contributed by atoms with van der Waals surface area (Å²) >= 11 is 1.42. The van der Waals surface area contributed by atoms with Crippen molar-refractivity contribution in [3.05, 3.63) is 65.6 Å². The van der Waals surface area contributed by atoms with Crippen molar-refractivity contribution in [3.63, 3.8) is 0 Å². The molecule has 0 aliphatic rings. The molecular formula is C22H23N3O5S. The van der Waals surface area contributed by atoms with Gasteiger partial charge < -0.3 is 23.9 Å². The van der Waals surface area contributed by atoms with Crippen LogP contribution in [-0.2, 0) is 6.54 Å². The number of nitrogens with one attached hydrogen (secondary N) is 1. The minimum Gasteiger partial charge on any atom is -0.493 e. The van der Waals surface area contributed by atoms with Gasteiger partial charge in [-0.05, 0) is 17.7 Å². The van der Waals surface area contributed by atoms with Crippen LogP contribution in [0.2, 0.25) is 0 Å². The first-order valence-corrected chi connectivity index (χ1v) is 10.4. The lowest BCUT2D eigenvalue weighted by atomic mass is 10.1. The molecule has 1 heterocycles. The highest BCUT2D eigenvalue weighted by molar-refractivity contribution is 7.99. The van der Waals surface area contributed by atoms with E-state index in [1.807, 2.05) is 42.5 Å². The molecule has 0 fully saturated rings. The number of aromatic nitrogens is 2. The van der Waals surface area contributed by atoms with Crippen LogP contribution in [0.15, 0.2) is 58.2 Å². The summed E-state index contributed by atoms with van der Waals surface area (Å²) in [6, 6.07) is 13.2. The van der Waals surface area contributed by atoms with E-state index in [-0.39, 0.29) is 12.5 Å². The Morgan fingerprint density at radius 2 is 1.77 bits per heavy atom. The molecule has 9 heteroatoms. The molecule has 0 radical (unpaired) electrons. The summed E-state index contributed by atoms with van der Waals surface area (Å²) < 4.78 is 21.4. The number of ether oxygens (including phenoxy) is 3. The van der Waals surface area contributed by atoms with Gasteiger partial charge in [-0.3, -0.25) is 4.79 Å². The molecule has 3 rings (SSSR count). The lowest BCUT2D eigenvalue weighted by Crippen LogP contribution is -2.23. The van der Waals surface area contributed by atoms with E-state index in [2.05, 4.69) is 15.5 Å². The Bertz CT molecular complexity index is 1010. The van der Waals surface area contributed by atoms with Crippen LogP contribution >= 0.6 is 11.8 Å². The van der Waals surface area contributed by atoms with E-state index in [1.54, 1.807) is 12.1 Å². The van der Waals surface area contributed by atoms with Crippen molar-refractivity contribution in [1.82, 2.24) is 15.5 Å². The first-order chi connectivity index (χ1) is 15.1. The van der Waals surface area contributed by atoms with Crippen LogP contribution in [0, 0.1) is 0 Å². The molecule has 0 aliphatic carbocycles. The standard InChI is InChI=1S/C22H23N3O5S/c1-27-17-12-16(13-18(28-2)20(17)29-3)21(26)23-14-19-24-25-22(30-19)31-11-7-10-15-8-5-4-6-9-15/h4-10,12-13H,11,14H2,1-3H3,(H,23,26)/b10-7+. The number of rotatable bonds is 10. The van der Waals surface area contributed by atoms with Gasteiger partial charge in [-0.15, -0.1) is 10.2 Å². The summed E-state index contributed by atoms with van der Waals surface area (Å²) in [4.78, 5) is 12.5. The van der Waals surface area contributed by atoms with Crippen LogP contribution in [0.4, 0.5) is 0 Å². The summed E-state index contributed by atoms with van der Waals surface area (Å²) in [5.74, 6) is 1.88. The number of carbonyl (C=O) groups is 1. The maximum absolute atomic E-state index is 12.5. The third-order valence-electron chi connectivity index (χ3n) is 4.19. The van der Waals surface area contributed by atoms with Gasteiger partial charge in [0.25, 0.3) is 11.1 Å². The Kier molecular flexibility index (Phi) is 7.94. The van der Waals surface area contributed by atoms with Crippen LogP contribution in [0.5, 0.6) is 17.2 Å². The maximum atomic E-state index is 12.5. The van der Waals surface area contributed by atoms with Crippen LogP contribution < -0.4 is 19.5 Å². The van der Waals surface area contributed by atoms with Gasteiger partial charge in [-0.1, -0.05) is 54.2 Å². The molecule has 3 aromatic rings. The normalized spacial score (nSPS) is 10.8. The molecule has 0 atom stereocenters. The van der Waals surface area contributed by atoms with Crippen molar-refractivity contribution < 1.29 is 23.4 Å². The average molecular weight is 442 g/mol. The van der Waals surface area contributed by atoms with Crippen molar-refractivity contribution in [2.75, 3.05) is 27.1 Å². The fourth-order valence-corrected chi connectivity index (χ4v) is 3.29. The summed E-state index contributed by atoms with van der Waals surface area (Å²) in [5.41, 5.74) is 1.48. The van der Waals surface area contributed by atoms with E-state index in [0.29, 0.717) is 39.7 Å². The second-order valence-corrected chi connectivity index (χ2v) is 7.15. The minimum atomic E-state index is -0.336. The van der Waals surface area contributed by atoms with Crippen LogP contribution in [0.1, 0.15) is 21.8 Å². The third kappa shape index (κ3) is 6.02. The topological polar surface area (TPSA) is 95.7 Å². The second kappa shape index (κ2) is 11.1. The van der Waals surface area contributed by atoms with Crippen LogP contribution in [0.25, 0.3) is 6.08 Å². The van der Waals surface area contributed by atoms with E-state index < -0.39 is 0 Å². The lowest BCUT2D eigenvalue weighted by molar-refractivity contribution is 0.0946. The fourth-order valence-electron chi connectivity index (χ4n) is 2.71. The molecule has 1 amide bonds. The average Bonchev–Trinajstić information content (AvgIpc) is 3.27. The third-order valence-corrected chi connectivity index (χ3v) is 4.96. The SMILES string of the molecule is COc1cc(C(=O)NCc2nnc(SC/C=C/c3ccccc3)o2)cc(OC)c1OC. The van der Waals surface area contributed by atoms with Gasteiger partial charge in [0.1, 0.15) is 0 Å². The zero-order chi connectivity index (χ0) is 22.1. The highest BCUT2D eigenvalue weighted by Gasteiger charge is 2.17. The van der Waals surface area contributed by atoms with Gasteiger partial charge >= 0.3 is 0 Å². The number of hydrogen-bond acceptors (Lipinski definition) is 8. The monoisotopic (exact) mass is 441 g/mol. The molecule has 0 bridgehead atoms. The molecule has 1 aromatic heterocycles. The molecule has 162 valence electrons. The Morgan fingerprint density at radius 1 is 1.06 bits per heavy atom. The molecule has 2 aromatic carbocycles. The lowest BCUT2D eigenvalue weighted by Gasteiger charge is -2.13. The predicted octanol–water partition coefficient (Wildman–Crippen LogP) is 3.83. The number of amides is 1. The van der Waals surface area contributed by atoms with E-state index in [4.69, 9.17) is 18.6 Å². The number of carbonyl (C=O) groups excluding carboxylic acids is 1. The van der Waals surface area contributed by atoms with Gasteiger partial charge in [0, 0.05) is 11.3 Å². The van der Waals surface area contributed by atoms with Crippen LogP contribution in [0.3, 0.4) is 0 Å². The molecule has 8 nitrogen and oxygen atoms in total. The Balaban J connectivity index is 1.54. The highest BCUT2D eigenvalue weighted by atomic mass is 32.2. The van der Waals surface area contributed by atoms with Gasteiger partial charge in [0.2, 0.25) is 11.6 Å². The van der Waals surface area contributed by atoms with Crippen molar-refractivity contribution in [2.45, 2.75) is 11.8 Å². The first kappa shape index (κ1) is 22.2. The fraction of sp³-hybridized carbons (Fsp3) is 0.227. The number of benzene rings is 2. The molecular weight excluding hydrogens is 418 g/mol. The number of nitrogens with zero attached hydrogens (tertiary/aromatic N) is 2. The van der Waals surface area contributed by atoms with E-state index in [0.717, 1.165) is 5.56 Å². The number of thioether (sulfide) groups is 1. The smallest absolute Gasteiger partial charge is 0.276 e. The predicted molar refractivity (Wildman–Crippen MR) is 118 cm³/mol. The molecule has 31 heavy (non-hydrogen) atoms. The largest absolute Gasteiger partial charge is 0.493 e. The van der Waals surface area contributed by atoms with E-state index in [1.165, 1.54) is 33.1 Å². The highest BCUT2D eigenvalue weighted by Crippen LogP contribution is 2.38. The van der Waals surface area contributed by atoms with Crippen molar-refractivity contribution in [3.8, 4) is 17.2 Å². The Hall–Kier alpha value is -3.46. The van der Waals surface area contributed by atoms with E-state index in [9.17, 15) is 4.79 Å². The zero-order valence-corrected chi connectivity index (χ0v) is 18.3. The quantitative estimate of drug-likeness (QED) is 0.474. The number of hydrogen-bond donors (Lipinski definition) is 1. The second-order valence-electron chi connectivity index (χ2n) is 6.18. The summed E-state index contributed by atoms with van der Waals surface area (Å²) in [7, 11) is 4.49. The van der Waals surface area contributed by atoms with Crippen molar-refractivity contribution in [2.24, 2.45) is 0 Å². The van der Waals surface area contributed by atoms with Crippen molar-refractivity contribution >= 4 is 23.7 Å². The summed E-state index contributed by atoms with van der Waals surface area (Å²) in [6.45, 7) is 0.100. The Morgan fingerprint density at radius 3 is 2.42 bits per heavy atom. The Labute approximate surface area is 184 Å². The van der Waals surface area contributed by atoms with E-state index >= 15 is 0 Å². The molecule has 0 aliphatic heterocycles. The molecule has 0 unspecified atom stereocenters.